The zero-order valence-corrected chi connectivity index (χ0v) is 8.96. The first-order valence-electron chi connectivity index (χ1n) is 5.46. The molecule has 14 heavy (non-hydrogen) atoms. The second kappa shape index (κ2) is 5.86. The first-order chi connectivity index (χ1) is 6.74. The van der Waals surface area contributed by atoms with Crippen molar-refractivity contribution in [2.45, 2.75) is 38.6 Å². The van der Waals surface area contributed by atoms with Crippen molar-refractivity contribution in [1.29, 1.82) is 5.41 Å². The van der Waals surface area contributed by atoms with E-state index in [2.05, 4.69) is 6.92 Å². The molecule has 0 unspecified atom stereocenters. The summed E-state index contributed by atoms with van der Waals surface area (Å²) >= 11 is 0. The summed E-state index contributed by atoms with van der Waals surface area (Å²) in [5, 5.41) is 7.69. The third kappa shape index (κ3) is 3.54. The van der Waals surface area contributed by atoms with Crippen molar-refractivity contribution >= 4 is 6.02 Å². The number of amidine groups is 1. The molecule has 1 aliphatic rings. The van der Waals surface area contributed by atoms with Crippen LogP contribution in [0.5, 0.6) is 0 Å². The van der Waals surface area contributed by atoms with Crippen molar-refractivity contribution in [3.63, 3.8) is 0 Å². The van der Waals surface area contributed by atoms with Crippen LogP contribution in [-0.4, -0.2) is 36.7 Å². The molecule has 4 heteroatoms. The number of nitrogens with zero attached hydrogens (tertiary/aromatic N) is 1. The molecule has 1 aliphatic heterocycles. The van der Waals surface area contributed by atoms with E-state index in [1.54, 1.807) is 0 Å². The highest BCUT2D eigenvalue weighted by Crippen LogP contribution is 2.08. The molecule has 0 aromatic heterocycles. The number of hydrogen-bond acceptors (Lipinski definition) is 3. The highest BCUT2D eigenvalue weighted by Gasteiger charge is 2.18. The van der Waals surface area contributed by atoms with Crippen LogP contribution in [0, 0.1) is 5.41 Å². The predicted molar refractivity (Wildman–Crippen MR) is 57.4 cm³/mol. The average molecular weight is 199 g/mol. The van der Waals surface area contributed by atoms with Crippen LogP contribution in [-0.2, 0) is 4.74 Å². The Labute approximate surface area is 85.9 Å². The molecule has 0 atom stereocenters. The van der Waals surface area contributed by atoms with Gasteiger partial charge in [-0.05, 0) is 19.3 Å². The summed E-state index contributed by atoms with van der Waals surface area (Å²) in [5.41, 5.74) is 5.78. The predicted octanol–water partition coefficient (Wildman–Crippen LogP) is 1.16. The Morgan fingerprint density at radius 3 is 2.71 bits per heavy atom. The van der Waals surface area contributed by atoms with Crippen LogP contribution in [0.15, 0.2) is 0 Å². The fraction of sp³-hybridized carbons (Fsp3) is 0.900. The number of nitrogens with two attached hydrogens (primary N) is 1. The lowest BCUT2D eigenvalue weighted by atomic mass is 10.1. The minimum atomic E-state index is 0.315. The van der Waals surface area contributed by atoms with E-state index in [-0.39, 0.29) is 0 Å². The van der Waals surface area contributed by atoms with Crippen LogP contribution in [0.3, 0.4) is 0 Å². The molecule has 1 heterocycles. The molecule has 1 rings (SSSR count). The summed E-state index contributed by atoms with van der Waals surface area (Å²) in [5.74, 6) is 0. The van der Waals surface area contributed by atoms with Crippen LogP contribution < -0.4 is 5.73 Å². The third-order valence-electron chi connectivity index (χ3n) is 2.56. The van der Waals surface area contributed by atoms with Gasteiger partial charge in [-0.3, -0.25) is 5.41 Å². The molecule has 0 bridgehead atoms. The summed E-state index contributed by atoms with van der Waals surface area (Å²) in [7, 11) is 0. The summed E-state index contributed by atoms with van der Waals surface area (Å²) in [6, 6.07) is 0.639. The van der Waals surface area contributed by atoms with Crippen LogP contribution >= 0.6 is 0 Å². The second-order valence-corrected chi connectivity index (χ2v) is 3.83. The lowest BCUT2D eigenvalue weighted by molar-refractivity contribution is 0.199. The van der Waals surface area contributed by atoms with Crippen molar-refractivity contribution in [3.8, 4) is 0 Å². The Morgan fingerprint density at radius 1 is 1.50 bits per heavy atom. The molecule has 0 aromatic carbocycles. The lowest BCUT2D eigenvalue weighted by Gasteiger charge is -2.31. The maximum absolute atomic E-state index is 7.69. The van der Waals surface area contributed by atoms with E-state index in [1.165, 1.54) is 0 Å². The largest absolute Gasteiger partial charge is 0.465 e. The number of piperidine rings is 1. The molecular formula is C10H21N3O. The maximum atomic E-state index is 7.69. The fourth-order valence-corrected chi connectivity index (χ4v) is 1.51. The van der Waals surface area contributed by atoms with Gasteiger partial charge in [0, 0.05) is 19.1 Å². The van der Waals surface area contributed by atoms with E-state index in [9.17, 15) is 0 Å². The molecule has 1 fully saturated rings. The van der Waals surface area contributed by atoms with Gasteiger partial charge in [-0.15, -0.1) is 0 Å². The van der Waals surface area contributed by atoms with E-state index in [0.717, 1.165) is 38.8 Å². The van der Waals surface area contributed by atoms with Gasteiger partial charge in [0.25, 0.3) is 6.02 Å². The van der Waals surface area contributed by atoms with E-state index in [1.807, 2.05) is 4.90 Å². The molecule has 0 aliphatic carbocycles. The summed E-state index contributed by atoms with van der Waals surface area (Å²) in [6.07, 6.45) is 4.08. The Kier molecular flexibility index (Phi) is 4.73. The standard InChI is InChI=1S/C10H21N3O/c1-2-3-8-14-10(12)13-6-4-9(11)5-7-13/h9,12H,2-8,11H2,1H3. The normalized spacial score (nSPS) is 18.3. The molecular weight excluding hydrogens is 178 g/mol. The summed E-state index contributed by atoms with van der Waals surface area (Å²) < 4.78 is 5.33. The first-order valence-corrected chi connectivity index (χ1v) is 5.46. The van der Waals surface area contributed by atoms with Crippen molar-refractivity contribution < 1.29 is 4.74 Å². The number of nitrogens with one attached hydrogen (secondary N) is 1. The molecule has 4 nitrogen and oxygen atoms in total. The van der Waals surface area contributed by atoms with Gasteiger partial charge in [0.2, 0.25) is 0 Å². The van der Waals surface area contributed by atoms with Crippen molar-refractivity contribution in [1.82, 2.24) is 4.90 Å². The van der Waals surface area contributed by atoms with Gasteiger partial charge in [0.1, 0.15) is 0 Å². The van der Waals surface area contributed by atoms with Gasteiger partial charge < -0.3 is 15.4 Å². The van der Waals surface area contributed by atoms with Gasteiger partial charge in [0.15, 0.2) is 0 Å². The zero-order valence-electron chi connectivity index (χ0n) is 8.96. The fourth-order valence-electron chi connectivity index (χ4n) is 1.51. The molecule has 0 spiro atoms. The summed E-state index contributed by atoms with van der Waals surface area (Å²) in [6.45, 7) is 4.52. The van der Waals surface area contributed by atoms with Gasteiger partial charge >= 0.3 is 0 Å². The molecule has 0 saturated carbocycles. The van der Waals surface area contributed by atoms with Crippen molar-refractivity contribution in [2.75, 3.05) is 19.7 Å². The molecule has 82 valence electrons. The van der Waals surface area contributed by atoms with Crippen LogP contribution in [0.4, 0.5) is 0 Å². The first kappa shape index (κ1) is 11.3. The molecule has 0 aromatic rings. The van der Waals surface area contributed by atoms with Gasteiger partial charge in [-0.25, -0.2) is 0 Å². The highest BCUT2D eigenvalue weighted by atomic mass is 16.5. The number of hydrogen-bond donors (Lipinski definition) is 2. The SMILES string of the molecule is CCCCOC(=N)N1CCC(N)CC1. The quantitative estimate of drug-likeness (QED) is 0.407. The minimum absolute atomic E-state index is 0.315. The van der Waals surface area contributed by atoms with E-state index >= 15 is 0 Å². The van der Waals surface area contributed by atoms with Gasteiger partial charge in [-0.1, -0.05) is 13.3 Å². The van der Waals surface area contributed by atoms with Gasteiger partial charge in [-0.2, -0.15) is 0 Å². The van der Waals surface area contributed by atoms with E-state index in [0.29, 0.717) is 18.7 Å². The molecule has 1 saturated heterocycles. The minimum Gasteiger partial charge on any atom is -0.465 e. The second-order valence-electron chi connectivity index (χ2n) is 3.83. The Hall–Kier alpha value is -0.770. The number of likely N-dealkylation sites (tertiary alicyclic amines) is 1. The van der Waals surface area contributed by atoms with E-state index in [4.69, 9.17) is 15.9 Å². The van der Waals surface area contributed by atoms with Crippen molar-refractivity contribution in [3.05, 3.63) is 0 Å². The van der Waals surface area contributed by atoms with Crippen molar-refractivity contribution in [2.24, 2.45) is 5.73 Å². The molecule has 0 amide bonds. The van der Waals surface area contributed by atoms with Crippen LogP contribution in [0.1, 0.15) is 32.6 Å². The zero-order chi connectivity index (χ0) is 10.4. The summed E-state index contributed by atoms with van der Waals surface area (Å²) in [4.78, 5) is 1.97. The van der Waals surface area contributed by atoms with Crippen LogP contribution in [0.25, 0.3) is 0 Å². The lowest BCUT2D eigenvalue weighted by Crippen LogP contribution is -2.43. The topological polar surface area (TPSA) is 62.3 Å². The Morgan fingerprint density at radius 2 is 2.14 bits per heavy atom. The van der Waals surface area contributed by atoms with E-state index < -0.39 is 0 Å². The number of rotatable bonds is 3. The number of unbranched alkanes of at least 4 members (excludes halogenated alkanes) is 1. The molecule has 3 N–H and O–H groups in total. The Balaban J connectivity index is 2.17. The molecule has 0 radical (unpaired) electrons. The third-order valence-corrected chi connectivity index (χ3v) is 2.56. The smallest absolute Gasteiger partial charge is 0.284 e. The van der Waals surface area contributed by atoms with Crippen LogP contribution in [0.2, 0.25) is 0 Å². The average Bonchev–Trinajstić information content (AvgIpc) is 2.19. The van der Waals surface area contributed by atoms with Gasteiger partial charge in [0.05, 0.1) is 6.61 Å². The Bertz CT molecular complexity index is 176. The maximum Gasteiger partial charge on any atom is 0.284 e. The highest BCUT2D eigenvalue weighted by molar-refractivity contribution is 5.70. The monoisotopic (exact) mass is 199 g/mol. The number of ether oxygens (including phenoxy) is 1.